The van der Waals surface area contributed by atoms with Crippen LogP contribution in [0.1, 0.15) is 32.1 Å². The van der Waals surface area contributed by atoms with E-state index < -0.39 is 0 Å². The summed E-state index contributed by atoms with van der Waals surface area (Å²) in [7, 11) is 0. The molecule has 0 bridgehead atoms. The van der Waals surface area contributed by atoms with Gasteiger partial charge in [-0.15, -0.1) is 11.8 Å². The summed E-state index contributed by atoms with van der Waals surface area (Å²) in [5.41, 5.74) is 1.66. The first-order chi connectivity index (χ1) is 5.84. The van der Waals surface area contributed by atoms with Crippen LogP contribution in [-0.4, -0.2) is 4.16 Å². The number of hydrogen-bond donors (Lipinski definition) is 0. The highest BCUT2D eigenvalue weighted by molar-refractivity contribution is 9.11. The van der Waals surface area contributed by atoms with Gasteiger partial charge in [0, 0.05) is 4.91 Å². The zero-order valence-electron chi connectivity index (χ0n) is 7.05. The van der Waals surface area contributed by atoms with Gasteiger partial charge in [0.2, 0.25) is 0 Å². The highest BCUT2D eigenvalue weighted by atomic mass is 79.9. The van der Waals surface area contributed by atoms with Crippen molar-refractivity contribution in [1.82, 2.24) is 0 Å². The number of allylic oxidation sites excluding steroid dienone is 3. The maximum atomic E-state index is 3.61. The fraction of sp³-hybridized carbons (Fsp3) is 0.600. The summed E-state index contributed by atoms with van der Waals surface area (Å²) < 4.78 is 0.630. The van der Waals surface area contributed by atoms with Crippen molar-refractivity contribution >= 4 is 27.7 Å². The Labute approximate surface area is 86.6 Å². The molecule has 0 saturated heterocycles. The van der Waals surface area contributed by atoms with Crippen LogP contribution in [0.2, 0.25) is 0 Å². The van der Waals surface area contributed by atoms with Crippen LogP contribution in [0, 0.1) is 0 Å². The summed E-state index contributed by atoms with van der Waals surface area (Å²) in [6.45, 7) is 0. The van der Waals surface area contributed by atoms with E-state index in [0.717, 1.165) is 0 Å². The largest absolute Gasteiger partial charge is 0.111 e. The SMILES string of the molecule is BrC1CC=C(C=C2CCCC2)S1. The molecule has 1 unspecified atom stereocenters. The molecule has 0 aromatic carbocycles. The zero-order chi connectivity index (χ0) is 8.39. The molecule has 2 heteroatoms. The molecular weight excluding hydrogens is 232 g/mol. The summed E-state index contributed by atoms with van der Waals surface area (Å²) in [6.07, 6.45) is 11.4. The molecule has 0 radical (unpaired) electrons. The minimum absolute atomic E-state index is 0.630. The van der Waals surface area contributed by atoms with E-state index in [2.05, 4.69) is 28.1 Å². The van der Waals surface area contributed by atoms with E-state index >= 15 is 0 Å². The number of thioether (sulfide) groups is 1. The van der Waals surface area contributed by atoms with Crippen LogP contribution >= 0.6 is 27.7 Å². The third kappa shape index (κ3) is 2.17. The third-order valence-electron chi connectivity index (χ3n) is 2.36. The van der Waals surface area contributed by atoms with Gasteiger partial charge in [-0.3, -0.25) is 0 Å². The Balaban J connectivity index is 1.97. The molecule has 0 nitrogen and oxygen atoms in total. The molecule has 2 rings (SSSR count). The van der Waals surface area contributed by atoms with Gasteiger partial charge in [-0.25, -0.2) is 0 Å². The Bertz CT molecular complexity index is 222. The van der Waals surface area contributed by atoms with E-state index in [4.69, 9.17) is 0 Å². The maximum Gasteiger partial charge on any atom is 0.0682 e. The second-order valence-electron chi connectivity index (χ2n) is 3.38. The molecule has 1 atom stereocenters. The second kappa shape index (κ2) is 4.01. The van der Waals surface area contributed by atoms with Crippen molar-refractivity contribution in [3.8, 4) is 0 Å². The van der Waals surface area contributed by atoms with Crippen molar-refractivity contribution in [1.29, 1.82) is 0 Å². The van der Waals surface area contributed by atoms with Crippen molar-refractivity contribution in [2.24, 2.45) is 0 Å². The zero-order valence-corrected chi connectivity index (χ0v) is 9.46. The van der Waals surface area contributed by atoms with E-state index in [1.807, 2.05) is 11.8 Å². The van der Waals surface area contributed by atoms with Gasteiger partial charge >= 0.3 is 0 Å². The molecule has 0 aromatic heterocycles. The Morgan fingerprint density at radius 1 is 1.42 bits per heavy atom. The molecule has 0 amide bonds. The quantitative estimate of drug-likeness (QED) is 0.623. The third-order valence-corrected chi connectivity index (χ3v) is 4.30. The second-order valence-corrected chi connectivity index (χ2v) is 6.37. The van der Waals surface area contributed by atoms with Crippen LogP contribution in [0.5, 0.6) is 0 Å². The Morgan fingerprint density at radius 2 is 2.17 bits per heavy atom. The standard InChI is InChI=1S/C10H13BrS/c11-10-6-5-9(12-10)7-8-3-1-2-4-8/h5,7,10H,1-4,6H2. The highest BCUT2D eigenvalue weighted by Crippen LogP contribution is 2.38. The van der Waals surface area contributed by atoms with Gasteiger partial charge < -0.3 is 0 Å². The average Bonchev–Trinajstić information content (AvgIpc) is 2.63. The predicted molar refractivity (Wildman–Crippen MR) is 59.6 cm³/mol. The van der Waals surface area contributed by atoms with E-state index in [9.17, 15) is 0 Å². The summed E-state index contributed by atoms with van der Waals surface area (Å²) in [6, 6.07) is 0. The number of halogens is 1. The fourth-order valence-electron chi connectivity index (χ4n) is 1.72. The topological polar surface area (TPSA) is 0 Å². The van der Waals surface area contributed by atoms with E-state index in [0.29, 0.717) is 4.16 Å². The van der Waals surface area contributed by atoms with Gasteiger partial charge in [0.25, 0.3) is 0 Å². The molecular formula is C10H13BrS. The predicted octanol–water partition coefficient (Wildman–Crippen LogP) is 4.23. The summed E-state index contributed by atoms with van der Waals surface area (Å²) in [5.74, 6) is 0. The smallest absolute Gasteiger partial charge is 0.0682 e. The lowest BCUT2D eigenvalue weighted by atomic mass is 10.2. The van der Waals surface area contributed by atoms with Crippen molar-refractivity contribution in [2.45, 2.75) is 36.3 Å². The van der Waals surface area contributed by atoms with E-state index in [1.165, 1.54) is 37.0 Å². The lowest BCUT2D eigenvalue weighted by Gasteiger charge is -1.98. The highest BCUT2D eigenvalue weighted by Gasteiger charge is 2.14. The molecule has 2 aliphatic rings. The van der Waals surface area contributed by atoms with Gasteiger partial charge in [0.15, 0.2) is 0 Å². The molecule has 1 saturated carbocycles. The van der Waals surface area contributed by atoms with E-state index in [-0.39, 0.29) is 0 Å². The van der Waals surface area contributed by atoms with Crippen LogP contribution in [0.4, 0.5) is 0 Å². The summed E-state index contributed by atoms with van der Waals surface area (Å²) in [4.78, 5) is 1.48. The van der Waals surface area contributed by atoms with Crippen molar-refractivity contribution < 1.29 is 0 Å². The van der Waals surface area contributed by atoms with Gasteiger partial charge in [-0.05, 0) is 38.2 Å². The minimum Gasteiger partial charge on any atom is -0.111 e. The van der Waals surface area contributed by atoms with Gasteiger partial charge in [0.1, 0.15) is 0 Å². The molecule has 1 aliphatic carbocycles. The van der Waals surface area contributed by atoms with Crippen LogP contribution in [0.15, 0.2) is 22.6 Å². The average molecular weight is 245 g/mol. The van der Waals surface area contributed by atoms with Crippen LogP contribution in [0.25, 0.3) is 0 Å². The molecule has 0 spiro atoms. The Morgan fingerprint density at radius 3 is 2.75 bits per heavy atom. The lowest BCUT2D eigenvalue weighted by molar-refractivity contribution is 0.886. The van der Waals surface area contributed by atoms with Crippen LogP contribution in [-0.2, 0) is 0 Å². The first-order valence-electron chi connectivity index (χ1n) is 4.55. The number of rotatable bonds is 1. The first kappa shape index (κ1) is 8.89. The van der Waals surface area contributed by atoms with Gasteiger partial charge in [-0.2, -0.15) is 0 Å². The first-order valence-corrected chi connectivity index (χ1v) is 6.34. The van der Waals surface area contributed by atoms with Crippen molar-refractivity contribution in [2.75, 3.05) is 0 Å². The molecule has 1 fully saturated rings. The number of hydrogen-bond acceptors (Lipinski definition) is 1. The fourth-order valence-corrected chi connectivity index (χ4v) is 3.47. The molecule has 1 aliphatic heterocycles. The summed E-state index contributed by atoms with van der Waals surface area (Å²) >= 11 is 5.56. The lowest BCUT2D eigenvalue weighted by Crippen LogP contribution is -1.78. The van der Waals surface area contributed by atoms with Crippen molar-refractivity contribution in [3.63, 3.8) is 0 Å². The van der Waals surface area contributed by atoms with Gasteiger partial charge in [0.05, 0.1) is 4.16 Å². The maximum absolute atomic E-state index is 3.61. The van der Waals surface area contributed by atoms with Gasteiger partial charge in [-0.1, -0.05) is 27.6 Å². The number of alkyl halides is 1. The molecule has 0 N–H and O–H groups in total. The monoisotopic (exact) mass is 244 g/mol. The molecule has 66 valence electrons. The van der Waals surface area contributed by atoms with Crippen LogP contribution < -0.4 is 0 Å². The summed E-state index contributed by atoms with van der Waals surface area (Å²) in [5, 5.41) is 0. The molecule has 1 heterocycles. The minimum atomic E-state index is 0.630. The Hall–Kier alpha value is 0.310. The normalized spacial score (nSPS) is 29.2. The Kier molecular flexibility index (Phi) is 2.97. The van der Waals surface area contributed by atoms with Crippen molar-refractivity contribution in [3.05, 3.63) is 22.6 Å². The molecule has 0 aromatic rings. The van der Waals surface area contributed by atoms with Crippen LogP contribution in [0.3, 0.4) is 0 Å². The molecule has 12 heavy (non-hydrogen) atoms. The van der Waals surface area contributed by atoms with E-state index in [1.54, 1.807) is 5.57 Å².